The van der Waals surface area contributed by atoms with Gasteiger partial charge >= 0.3 is 0 Å². The molecule has 0 aliphatic heterocycles. The van der Waals surface area contributed by atoms with Crippen LogP contribution in [0.5, 0.6) is 0 Å². The van der Waals surface area contributed by atoms with Crippen molar-refractivity contribution in [1.82, 2.24) is 10.1 Å². The monoisotopic (exact) mass is 323 g/mol. The molecular formula is C14H18BrN3O. The van der Waals surface area contributed by atoms with Crippen molar-refractivity contribution in [3.8, 4) is 11.4 Å². The van der Waals surface area contributed by atoms with Crippen molar-refractivity contribution in [2.75, 3.05) is 6.54 Å². The van der Waals surface area contributed by atoms with Crippen molar-refractivity contribution in [3.63, 3.8) is 0 Å². The number of benzene rings is 1. The van der Waals surface area contributed by atoms with Crippen molar-refractivity contribution >= 4 is 15.9 Å². The Morgan fingerprint density at radius 2 is 2.21 bits per heavy atom. The minimum absolute atomic E-state index is 0.589. The van der Waals surface area contributed by atoms with Gasteiger partial charge in [0, 0.05) is 16.5 Å². The molecule has 0 aliphatic carbocycles. The molecule has 2 N–H and O–H groups in total. The predicted octanol–water partition coefficient (Wildman–Crippen LogP) is 3.42. The molecule has 19 heavy (non-hydrogen) atoms. The smallest absolute Gasteiger partial charge is 0.226 e. The first kappa shape index (κ1) is 14.2. The number of aryl methyl sites for hydroxylation is 1. The summed E-state index contributed by atoms with van der Waals surface area (Å²) in [6.07, 6.45) is 2.87. The van der Waals surface area contributed by atoms with Gasteiger partial charge in [-0.1, -0.05) is 40.1 Å². The van der Waals surface area contributed by atoms with Gasteiger partial charge in [-0.2, -0.15) is 4.98 Å². The number of halogens is 1. The van der Waals surface area contributed by atoms with Crippen LogP contribution in [-0.2, 0) is 6.42 Å². The molecule has 5 heteroatoms. The summed E-state index contributed by atoms with van der Waals surface area (Å²) in [5.41, 5.74) is 6.49. The Bertz CT molecular complexity index is 527. The molecule has 2 aromatic rings. The number of nitrogens with two attached hydrogens (primary N) is 1. The molecule has 1 atom stereocenters. The number of rotatable bonds is 6. The van der Waals surface area contributed by atoms with E-state index in [1.165, 1.54) is 0 Å². The van der Waals surface area contributed by atoms with Gasteiger partial charge in [0.15, 0.2) is 0 Å². The molecule has 1 aromatic heterocycles. The van der Waals surface area contributed by atoms with Gasteiger partial charge in [-0.05, 0) is 37.4 Å². The Hall–Kier alpha value is -1.20. The molecule has 1 unspecified atom stereocenters. The van der Waals surface area contributed by atoms with Crippen molar-refractivity contribution in [3.05, 3.63) is 34.6 Å². The molecular weight excluding hydrogens is 306 g/mol. The normalized spacial score (nSPS) is 12.6. The summed E-state index contributed by atoms with van der Waals surface area (Å²) in [6, 6.07) is 7.87. The molecule has 0 saturated heterocycles. The van der Waals surface area contributed by atoms with Gasteiger partial charge in [-0.15, -0.1) is 0 Å². The maximum absolute atomic E-state index is 5.54. The molecule has 102 valence electrons. The summed E-state index contributed by atoms with van der Waals surface area (Å²) < 4.78 is 6.29. The predicted molar refractivity (Wildman–Crippen MR) is 78.6 cm³/mol. The highest BCUT2D eigenvalue weighted by Crippen LogP contribution is 2.21. The van der Waals surface area contributed by atoms with Crippen LogP contribution in [0.4, 0.5) is 0 Å². The van der Waals surface area contributed by atoms with E-state index < -0.39 is 0 Å². The lowest BCUT2D eigenvalue weighted by Gasteiger charge is -2.06. The van der Waals surface area contributed by atoms with Crippen LogP contribution in [0.2, 0.25) is 0 Å². The van der Waals surface area contributed by atoms with Gasteiger partial charge in [0.2, 0.25) is 11.7 Å². The number of aromatic nitrogens is 2. The van der Waals surface area contributed by atoms with E-state index in [-0.39, 0.29) is 0 Å². The molecule has 1 heterocycles. The SMILES string of the molecule is CC(CCN)CCc1nc(-c2cccc(Br)c2)no1. The number of nitrogens with zero attached hydrogens (tertiary/aromatic N) is 2. The Morgan fingerprint density at radius 1 is 1.37 bits per heavy atom. The highest BCUT2D eigenvalue weighted by molar-refractivity contribution is 9.10. The summed E-state index contributed by atoms with van der Waals surface area (Å²) in [7, 11) is 0. The third kappa shape index (κ3) is 4.14. The molecule has 2 rings (SSSR count). The minimum Gasteiger partial charge on any atom is -0.339 e. The van der Waals surface area contributed by atoms with E-state index in [0.29, 0.717) is 17.6 Å². The molecule has 0 fully saturated rings. The Balaban J connectivity index is 1.99. The van der Waals surface area contributed by atoms with Crippen molar-refractivity contribution in [1.29, 1.82) is 0 Å². The first-order chi connectivity index (χ1) is 9.19. The van der Waals surface area contributed by atoms with E-state index in [1.807, 2.05) is 24.3 Å². The first-order valence-electron chi connectivity index (χ1n) is 6.47. The quantitative estimate of drug-likeness (QED) is 0.884. The van der Waals surface area contributed by atoms with Crippen LogP contribution in [-0.4, -0.2) is 16.7 Å². The van der Waals surface area contributed by atoms with Gasteiger partial charge in [-0.25, -0.2) is 0 Å². The van der Waals surface area contributed by atoms with Gasteiger partial charge in [0.05, 0.1) is 0 Å². The Labute approximate surface area is 121 Å². The van der Waals surface area contributed by atoms with Gasteiger partial charge in [0.1, 0.15) is 0 Å². The average molecular weight is 324 g/mol. The second kappa shape index (κ2) is 6.82. The van der Waals surface area contributed by atoms with Gasteiger partial charge < -0.3 is 10.3 Å². The fourth-order valence-electron chi connectivity index (χ4n) is 1.90. The second-order valence-electron chi connectivity index (χ2n) is 4.74. The third-order valence-corrected chi connectivity index (χ3v) is 3.55. The van der Waals surface area contributed by atoms with Gasteiger partial charge in [0.25, 0.3) is 0 Å². The lowest BCUT2D eigenvalue weighted by atomic mass is 10.0. The average Bonchev–Trinajstić information content (AvgIpc) is 2.85. The zero-order chi connectivity index (χ0) is 13.7. The standard InChI is InChI=1S/C14H18BrN3O/c1-10(7-8-16)5-6-13-17-14(18-19-13)11-3-2-4-12(15)9-11/h2-4,9-10H,5-8,16H2,1H3. The fourth-order valence-corrected chi connectivity index (χ4v) is 2.30. The minimum atomic E-state index is 0.589. The topological polar surface area (TPSA) is 64.9 Å². The summed E-state index contributed by atoms with van der Waals surface area (Å²) >= 11 is 3.44. The fraction of sp³-hybridized carbons (Fsp3) is 0.429. The van der Waals surface area contributed by atoms with E-state index in [2.05, 4.69) is 33.0 Å². The summed E-state index contributed by atoms with van der Waals surface area (Å²) in [4.78, 5) is 4.42. The highest BCUT2D eigenvalue weighted by Gasteiger charge is 2.10. The van der Waals surface area contributed by atoms with Crippen molar-refractivity contribution in [2.45, 2.75) is 26.2 Å². The van der Waals surface area contributed by atoms with Crippen LogP contribution in [0.1, 0.15) is 25.7 Å². The van der Waals surface area contributed by atoms with Crippen LogP contribution in [0.3, 0.4) is 0 Å². The van der Waals surface area contributed by atoms with Crippen molar-refractivity contribution < 1.29 is 4.52 Å². The Kier molecular flexibility index (Phi) is 5.10. The lowest BCUT2D eigenvalue weighted by Crippen LogP contribution is -2.06. The third-order valence-electron chi connectivity index (χ3n) is 3.06. The van der Waals surface area contributed by atoms with E-state index in [4.69, 9.17) is 10.3 Å². The molecule has 4 nitrogen and oxygen atoms in total. The summed E-state index contributed by atoms with van der Waals surface area (Å²) in [5, 5.41) is 4.02. The van der Waals surface area contributed by atoms with Crippen LogP contribution in [0.25, 0.3) is 11.4 Å². The lowest BCUT2D eigenvalue weighted by molar-refractivity contribution is 0.362. The molecule has 0 radical (unpaired) electrons. The highest BCUT2D eigenvalue weighted by atomic mass is 79.9. The molecule has 0 saturated carbocycles. The van der Waals surface area contributed by atoms with E-state index in [9.17, 15) is 0 Å². The van der Waals surface area contributed by atoms with E-state index in [0.717, 1.165) is 35.8 Å². The second-order valence-corrected chi connectivity index (χ2v) is 5.66. The largest absolute Gasteiger partial charge is 0.339 e. The number of hydrogen-bond acceptors (Lipinski definition) is 4. The number of hydrogen-bond donors (Lipinski definition) is 1. The molecule has 0 spiro atoms. The molecule has 1 aromatic carbocycles. The van der Waals surface area contributed by atoms with Crippen molar-refractivity contribution in [2.24, 2.45) is 11.7 Å². The first-order valence-corrected chi connectivity index (χ1v) is 7.27. The Morgan fingerprint density at radius 3 is 2.95 bits per heavy atom. The summed E-state index contributed by atoms with van der Waals surface area (Å²) in [6.45, 7) is 2.92. The zero-order valence-electron chi connectivity index (χ0n) is 11.0. The maximum Gasteiger partial charge on any atom is 0.226 e. The van der Waals surface area contributed by atoms with Crippen LogP contribution in [0, 0.1) is 5.92 Å². The van der Waals surface area contributed by atoms with Crippen LogP contribution >= 0.6 is 15.9 Å². The van der Waals surface area contributed by atoms with E-state index in [1.54, 1.807) is 0 Å². The summed E-state index contributed by atoms with van der Waals surface area (Å²) in [5.74, 6) is 1.92. The van der Waals surface area contributed by atoms with E-state index >= 15 is 0 Å². The van der Waals surface area contributed by atoms with Crippen LogP contribution < -0.4 is 5.73 Å². The van der Waals surface area contributed by atoms with Gasteiger partial charge in [-0.3, -0.25) is 0 Å². The molecule has 0 aliphatic rings. The maximum atomic E-state index is 5.54. The molecule has 0 bridgehead atoms. The zero-order valence-corrected chi connectivity index (χ0v) is 12.6. The molecule has 0 amide bonds. The van der Waals surface area contributed by atoms with Crippen LogP contribution in [0.15, 0.2) is 33.3 Å².